The van der Waals surface area contributed by atoms with Gasteiger partial charge in [0.05, 0.1) is 20.1 Å². The van der Waals surface area contributed by atoms with E-state index in [1.165, 1.54) is 0 Å². The van der Waals surface area contributed by atoms with Gasteiger partial charge >= 0.3 is 0 Å². The second-order valence-electron chi connectivity index (χ2n) is 3.86. The van der Waals surface area contributed by atoms with Crippen LogP contribution in [0.4, 0.5) is 0 Å². The molecule has 19 heavy (non-hydrogen) atoms. The molecule has 0 saturated heterocycles. The summed E-state index contributed by atoms with van der Waals surface area (Å²) >= 11 is 30.6. The van der Waals surface area contributed by atoms with Crippen molar-refractivity contribution >= 4 is 58.0 Å². The Morgan fingerprint density at radius 1 is 0.789 bits per heavy atom. The SMILES string of the molecule is NCc1ccc(-c2c(Cl)cc(Cl)c(Cl)c2Cl)c(Cl)c1. The molecule has 0 saturated carbocycles. The lowest BCUT2D eigenvalue weighted by atomic mass is 10.0. The average Bonchev–Trinajstić information content (AvgIpc) is 2.38. The number of benzene rings is 2. The van der Waals surface area contributed by atoms with E-state index in [0.717, 1.165) is 5.56 Å². The highest BCUT2D eigenvalue weighted by Gasteiger charge is 2.17. The van der Waals surface area contributed by atoms with Crippen molar-refractivity contribution in [3.63, 3.8) is 0 Å². The van der Waals surface area contributed by atoms with Crippen LogP contribution in [0.25, 0.3) is 11.1 Å². The van der Waals surface area contributed by atoms with E-state index in [9.17, 15) is 0 Å². The molecule has 0 atom stereocenters. The van der Waals surface area contributed by atoms with Crippen molar-refractivity contribution in [1.82, 2.24) is 0 Å². The summed E-state index contributed by atoms with van der Waals surface area (Å²) in [4.78, 5) is 0. The lowest BCUT2D eigenvalue weighted by Crippen LogP contribution is -1.96. The van der Waals surface area contributed by atoms with Gasteiger partial charge in [0.1, 0.15) is 0 Å². The van der Waals surface area contributed by atoms with Gasteiger partial charge in [-0.1, -0.05) is 70.1 Å². The minimum absolute atomic E-state index is 0.252. The molecule has 0 fully saturated rings. The van der Waals surface area contributed by atoms with Crippen LogP contribution in [0.15, 0.2) is 24.3 Å². The molecule has 0 radical (unpaired) electrons. The van der Waals surface area contributed by atoms with Gasteiger partial charge in [-0.25, -0.2) is 0 Å². The molecule has 0 aromatic heterocycles. The van der Waals surface area contributed by atoms with Crippen LogP contribution in [0.5, 0.6) is 0 Å². The van der Waals surface area contributed by atoms with E-state index in [4.69, 9.17) is 63.7 Å². The summed E-state index contributed by atoms with van der Waals surface area (Å²) in [5, 5.41) is 1.73. The fourth-order valence-electron chi connectivity index (χ4n) is 1.70. The highest BCUT2D eigenvalue weighted by Crippen LogP contribution is 2.45. The van der Waals surface area contributed by atoms with Crippen LogP contribution in [0, 0.1) is 0 Å². The molecule has 6 heteroatoms. The summed E-state index contributed by atoms with van der Waals surface area (Å²) in [7, 11) is 0. The molecule has 2 aromatic rings. The molecular formula is C13H8Cl5N. The van der Waals surface area contributed by atoms with E-state index >= 15 is 0 Å². The van der Waals surface area contributed by atoms with Gasteiger partial charge in [0.2, 0.25) is 0 Å². The molecule has 2 aromatic carbocycles. The molecule has 0 aliphatic rings. The maximum absolute atomic E-state index is 6.23. The van der Waals surface area contributed by atoms with Gasteiger partial charge in [0.25, 0.3) is 0 Å². The lowest BCUT2D eigenvalue weighted by Gasteiger charge is -2.12. The average molecular weight is 355 g/mol. The van der Waals surface area contributed by atoms with Gasteiger partial charge in [-0.15, -0.1) is 0 Å². The Hall–Kier alpha value is -0.150. The third-order valence-electron chi connectivity index (χ3n) is 2.65. The molecule has 2 N–H and O–H groups in total. The fourth-order valence-corrected chi connectivity index (χ4v) is 3.12. The van der Waals surface area contributed by atoms with Crippen molar-refractivity contribution in [3.8, 4) is 11.1 Å². The van der Waals surface area contributed by atoms with Crippen molar-refractivity contribution in [1.29, 1.82) is 0 Å². The van der Waals surface area contributed by atoms with Crippen LogP contribution in [-0.2, 0) is 6.54 Å². The lowest BCUT2D eigenvalue weighted by molar-refractivity contribution is 1.07. The van der Waals surface area contributed by atoms with E-state index in [-0.39, 0.29) is 10.0 Å². The number of rotatable bonds is 2. The standard InChI is InChI=1S/C13H8Cl5N/c14-8-3-6(5-19)1-2-7(8)11-9(15)4-10(16)12(17)13(11)18/h1-4H,5,19H2. The zero-order valence-electron chi connectivity index (χ0n) is 9.48. The number of halogens is 5. The molecule has 2 rings (SSSR count). The highest BCUT2D eigenvalue weighted by molar-refractivity contribution is 6.51. The van der Waals surface area contributed by atoms with Crippen molar-refractivity contribution in [3.05, 3.63) is 54.9 Å². The Kier molecular flexibility index (Phi) is 4.88. The van der Waals surface area contributed by atoms with Crippen molar-refractivity contribution < 1.29 is 0 Å². The van der Waals surface area contributed by atoms with Gasteiger partial charge in [-0.05, 0) is 17.7 Å². The molecule has 0 heterocycles. The Morgan fingerprint density at radius 3 is 2.05 bits per heavy atom. The number of hydrogen-bond acceptors (Lipinski definition) is 1. The van der Waals surface area contributed by atoms with Crippen molar-refractivity contribution in [2.24, 2.45) is 5.73 Å². The largest absolute Gasteiger partial charge is 0.326 e. The fraction of sp³-hybridized carbons (Fsp3) is 0.0769. The molecule has 0 spiro atoms. The first kappa shape index (κ1) is 15.2. The summed E-state index contributed by atoms with van der Waals surface area (Å²) in [6.45, 7) is 0.406. The van der Waals surface area contributed by atoms with Gasteiger partial charge in [0.15, 0.2) is 0 Å². The first-order chi connectivity index (χ1) is 8.95. The minimum atomic E-state index is 0.252. The molecule has 0 unspecified atom stereocenters. The Balaban J connectivity index is 2.69. The summed E-state index contributed by atoms with van der Waals surface area (Å²) in [6.07, 6.45) is 0. The second kappa shape index (κ2) is 6.09. The third kappa shape index (κ3) is 2.97. The molecule has 0 aliphatic heterocycles. The summed E-state index contributed by atoms with van der Waals surface area (Å²) in [5.74, 6) is 0. The summed E-state index contributed by atoms with van der Waals surface area (Å²) in [5.41, 5.74) is 7.73. The zero-order chi connectivity index (χ0) is 14.2. The normalized spacial score (nSPS) is 10.8. The van der Waals surface area contributed by atoms with E-state index in [2.05, 4.69) is 0 Å². The minimum Gasteiger partial charge on any atom is -0.326 e. The van der Waals surface area contributed by atoms with E-state index < -0.39 is 0 Å². The molecule has 1 nitrogen and oxygen atoms in total. The molecule has 100 valence electrons. The molecule has 0 bridgehead atoms. The Bertz CT molecular complexity index is 639. The van der Waals surface area contributed by atoms with Crippen LogP contribution < -0.4 is 5.73 Å². The van der Waals surface area contributed by atoms with E-state index in [1.54, 1.807) is 12.1 Å². The topological polar surface area (TPSA) is 26.0 Å². The molecular weight excluding hydrogens is 347 g/mol. The van der Waals surface area contributed by atoms with Gasteiger partial charge in [-0.3, -0.25) is 0 Å². The predicted octanol–water partition coefficient (Wildman–Crippen LogP) is 6.08. The smallest absolute Gasteiger partial charge is 0.0785 e. The Labute approximate surface area is 136 Å². The number of nitrogens with two attached hydrogens (primary N) is 1. The maximum Gasteiger partial charge on any atom is 0.0785 e. The quantitative estimate of drug-likeness (QED) is 0.513. The summed E-state index contributed by atoms with van der Waals surface area (Å²) < 4.78 is 0. The van der Waals surface area contributed by atoms with Crippen LogP contribution >= 0.6 is 58.0 Å². The monoisotopic (exact) mass is 353 g/mol. The van der Waals surface area contributed by atoms with Crippen LogP contribution in [0.2, 0.25) is 25.1 Å². The highest BCUT2D eigenvalue weighted by atomic mass is 35.5. The summed E-state index contributed by atoms with van der Waals surface area (Å²) in [6, 6.07) is 6.98. The van der Waals surface area contributed by atoms with Gasteiger partial charge in [-0.2, -0.15) is 0 Å². The van der Waals surface area contributed by atoms with Crippen LogP contribution in [0.1, 0.15) is 5.56 Å². The first-order valence-electron chi connectivity index (χ1n) is 5.27. The third-order valence-corrected chi connectivity index (χ3v) is 4.53. The van der Waals surface area contributed by atoms with Crippen LogP contribution in [-0.4, -0.2) is 0 Å². The molecule has 0 amide bonds. The van der Waals surface area contributed by atoms with E-state index in [1.807, 2.05) is 12.1 Å². The molecule has 0 aliphatic carbocycles. The number of hydrogen-bond donors (Lipinski definition) is 1. The first-order valence-corrected chi connectivity index (χ1v) is 7.16. The van der Waals surface area contributed by atoms with Crippen molar-refractivity contribution in [2.45, 2.75) is 6.54 Å². The zero-order valence-corrected chi connectivity index (χ0v) is 13.3. The van der Waals surface area contributed by atoms with E-state index in [0.29, 0.717) is 32.7 Å². The predicted molar refractivity (Wildman–Crippen MR) is 84.8 cm³/mol. The maximum atomic E-state index is 6.23. The van der Waals surface area contributed by atoms with Gasteiger partial charge in [0, 0.05) is 22.7 Å². The second-order valence-corrected chi connectivity index (χ2v) is 5.84. The van der Waals surface area contributed by atoms with Crippen molar-refractivity contribution in [2.75, 3.05) is 0 Å². The Morgan fingerprint density at radius 2 is 1.47 bits per heavy atom. The van der Waals surface area contributed by atoms with Gasteiger partial charge < -0.3 is 5.73 Å². The van der Waals surface area contributed by atoms with Crippen LogP contribution in [0.3, 0.4) is 0 Å².